The molecule has 0 unspecified atom stereocenters. The zero-order valence-electron chi connectivity index (χ0n) is 11.8. The second-order valence-electron chi connectivity index (χ2n) is 4.98. The monoisotopic (exact) mass is 317 g/mol. The summed E-state index contributed by atoms with van der Waals surface area (Å²) >= 11 is 0. The number of likely N-dealkylation sites (tertiary alicyclic amines) is 1. The average molecular weight is 317 g/mol. The topological polar surface area (TPSA) is 170 Å². The number of carboxylic acids is 2. The number of nitrogens with zero attached hydrogens (tertiary/aromatic N) is 1. The van der Waals surface area contributed by atoms with Crippen LogP contribution in [0.25, 0.3) is 0 Å². The van der Waals surface area contributed by atoms with Gasteiger partial charge in [-0.05, 0) is 12.8 Å². The molecule has 0 spiro atoms. The summed E-state index contributed by atoms with van der Waals surface area (Å²) in [6, 6.07) is -3.76. The van der Waals surface area contributed by atoms with Crippen LogP contribution in [0.3, 0.4) is 0 Å². The highest BCUT2D eigenvalue weighted by molar-refractivity contribution is 5.94. The van der Waals surface area contributed by atoms with Crippen molar-refractivity contribution in [2.75, 3.05) is 13.2 Å². The number of hydrogen-bond donors (Lipinski definition) is 5. The number of aliphatic hydroxyl groups is 1. The minimum absolute atomic E-state index is 0.174. The highest BCUT2D eigenvalue weighted by atomic mass is 16.4. The van der Waals surface area contributed by atoms with Crippen molar-refractivity contribution in [3.63, 3.8) is 0 Å². The second kappa shape index (κ2) is 7.71. The van der Waals surface area contributed by atoms with E-state index >= 15 is 0 Å². The van der Waals surface area contributed by atoms with Crippen LogP contribution in [0.5, 0.6) is 0 Å². The normalized spacial score (nSPS) is 20.3. The first kappa shape index (κ1) is 17.9. The van der Waals surface area contributed by atoms with Crippen molar-refractivity contribution in [1.29, 1.82) is 0 Å². The van der Waals surface area contributed by atoms with Crippen LogP contribution in [-0.2, 0) is 19.2 Å². The first-order valence-electron chi connectivity index (χ1n) is 6.69. The maximum atomic E-state index is 12.3. The Hall–Kier alpha value is -2.20. The molecular weight excluding hydrogens is 298 g/mol. The summed E-state index contributed by atoms with van der Waals surface area (Å²) < 4.78 is 0. The molecule has 1 aliphatic rings. The van der Waals surface area contributed by atoms with Gasteiger partial charge in [0.05, 0.1) is 13.0 Å². The number of aliphatic carboxylic acids is 2. The molecule has 2 amide bonds. The van der Waals surface area contributed by atoms with Crippen LogP contribution in [0.15, 0.2) is 0 Å². The van der Waals surface area contributed by atoms with Gasteiger partial charge in [0, 0.05) is 6.54 Å². The molecule has 1 saturated heterocycles. The fourth-order valence-electron chi connectivity index (χ4n) is 2.22. The Balaban J connectivity index is 2.86. The SMILES string of the molecule is N[C@@H](CO)C(=O)N[C@@H](CC(=O)O)C(=O)N1CCC[C@H]1C(=O)O. The number of carbonyl (C=O) groups is 4. The molecule has 1 fully saturated rings. The number of carboxylic acid groups (broad SMARTS) is 2. The van der Waals surface area contributed by atoms with E-state index in [1.807, 2.05) is 0 Å². The molecule has 1 rings (SSSR count). The summed E-state index contributed by atoms with van der Waals surface area (Å²) in [5, 5.41) is 28.8. The van der Waals surface area contributed by atoms with E-state index in [1.54, 1.807) is 0 Å². The molecule has 10 heteroatoms. The largest absolute Gasteiger partial charge is 0.481 e. The van der Waals surface area contributed by atoms with Crippen molar-refractivity contribution in [2.45, 2.75) is 37.4 Å². The lowest BCUT2D eigenvalue weighted by Crippen LogP contribution is -2.55. The van der Waals surface area contributed by atoms with Crippen LogP contribution in [0, 0.1) is 0 Å². The third-order valence-electron chi connectivity index (χ3n) is 3.35. The number of nitrogens with one attached hydrogen (secondary N) is 1. The Kier molecular flexibility index (Phi) is 6.25. The minimum atomic E-state index is -1.43. The van der Waals surface area contributed by atoms with Crippen LogP contribution >= 0.6 is 0 Å². The molecule has 0 aromatic rings. The van der Waals surface area contributed by atoms with Crippen molar-refractivity contribution in [2.24, 2.45) is 5.73 Å². The predicted octanol–water partition coefficient (Wildman–Crippen LogP) is -2.66. The van der Waals surface area contributed by atoms with Gasteiger partial charge >= 0.3 is 11.9 Å². The van der Waals surface area contributed by atoms with Crippen molar-refractivity contribution in [1.82, 2.24) is 10.2 Å². The number of carbonyl (C=O) groups excluding carboxylic acids is 2. The van der Waals surface area contributed by atoms with Gasteiger partial charge in [0.15, 0.2) is 0 Å². The number of amides is 2. The Morgan fingerprint density at radius 2 is 1.91 bits per heavy atom. The van der Waals surface area contributed by atoms with E-state index < -0.39 is 54.9 Å². The van der Waals surface area contributed by atoms with E-state index in [9.17, 15) is 19.2 Å². The Morgan fingerprint density at radius 1 is 1.27 bits per heavy atom. The zero-order valence-corrected chi connectivity index (χ0v) is 11.8. The van der Waals surface area contributed by atoms with Crippen LogP contribution in [0.4, 0.5) is 0 Å². The van der Waals surface area contributed by atoms with Gasteiger partial charge in [-0.1, -0.05) is 0 Å². The maximum Gasteiger partial charge on any atom is 0.326 e. The van der Waals surface area contributed by atoms with E-state index in [4.69, 9.17) is 21.1 Å². The third-order valence-corrected chi connectivity index (χ3v) is 3.35. The Labute approximate surface area is 125 Å². The van der Waals surface area contributed by atoms with Gasteiger partial charge < -0.3 is 31.3 Å². The van der Waals surface area contributed by atoms with E-state index in [2.05, 4.69) is 5.32 Å². The zero-order chi connectivity index (χ0) is 16.9. The summed E-state index contributed by atoms with van der Waals surface area (Å²) in [6.45, 7) is -0.491. The van der Waals surface area contributed by atoms with Crippen LogP contribution < -0.4 is 11.1 Å². The second-order valence-corrected chi connectivity index (χ2v) is 4.98. The van der Waals surface area contributed by atoms with E-state index in [-0.39, 0.29) is 13.0 Å². The number of rotatable bonds is 7. The molecule has 3 atom stereocenters. The van der Waals surface area contributed by atoms with E-state index in [1.165, 1.54) is 0 Å². The third kappa shape index (κ3) is 4.40. The average Bonchev–Trinajstić information content (AvgIpc) is 2.93. The van der Waals surface area contributed by atoms with Crippen molar-refractivity contribution >= 4 is 23.8 Å². The number of nitrogens with two attached hydrogens (primary N) is 1. The molecule has 0 bridgehead atoms. The molecule has 1 aliphatic heterocycles. The molecule has 22 heavy (non-hydrogen) atoms. The predicted molar refractivity (Wildman–Crippen MR) is 71.6 cm³/mol. The first-order valence-corrected chi connectivity index (χ1v) is 6.69. The summed E-state index contributed by atoms with van der Waals surface area (Å²) in [5.74, 6) is -4.18. The Bertz CT molecular complexity index is 468. The number of aliphatic hydroxyl groups excluding tert-OH is 1. The highest BCUT2D eigenvalue weighted by Gasteiger charge is 2.38. The molecule has 124 valence electrons. The summed E-state index contributed by atoms with van der Waals surface area (Å²) in [7, 11) is 0. The molecular formula is C12H19N3O7. The molecule has 0 saturated carbocycles. The lowest BCUT2D eigenvalue weighted by molar-refractivity contribution is -0.150. The van der Waals surface area contributed by atoms with Crippen LogP contribution in [0.2, 0.25) is 0 Å². The van der Waals surface area contributed by atoms with Crippen LogP contribution in [-0.4, -0.2) is 75.2 Å². The highest BCUT2D eigenvalue weighted by Crippen LogP contribution is 2.19. The van der Waals surface area contributed by atoms with Gasteiger partial charge in [-0.15, -0.1) is 0 Å². The molecule has 0 aromatic carbocycles. The summed E-state index contributed by atoms with van der Waals surface area (Å²) in [5.41, 5.74) is 5.30. The molecule has 1 heterocycles. The van der Waals surface area contributed by atoms with Crippen LogP contribution in [0.1, 0.15) is 19.3 Å². The summed E-state index contributed by atoms with van der Waals surface area (Å²) in [6.07, 6.45) is 0.0448. The summed E-state index contributed by atoms with van der Waals surface area (Å²) in [4.78, 5) is 46.9. The van der Waals surface area contributed by atoms with Crippen molar-refractivity contribution < 1.29 is 34.5 Å². The molecule has 6 N–H and O–H groups in total. The molecule has 0 radical (unpaired) electrons. The maximum absolute atomic E-state index is 12.3. The molecule has 0 aromatic heterocycles. The smallest absolute Gasteiger partial charge is 0.326 e. The van der Waals surface area contributed by atoms with E-state index in [0.29, 0.717) is 6.42 Å². The lowest BCUT2D eigenvalue weighted by atomic mass is 10.1. The van der Waals surface area contributed by atoms with Gasteiger partial charge in [-0.2, -0.15) is 0 Å². The standard InChI is InChI=1S/C12H19N3O7/c13-6(5-16)10(19)14-7(4-9(17)18)11(20)15-3-1-2-8(15)12(21)22/h6-8,16H,1-5,13H2,(H,14,19)(H,17,18)(H,21,22)/t6-,7-,8-/m0/s1. The fraction of sp³-hybridized carbons (Fsp3) is 0.667. The number of hydrogen-bond acceptors (Lipinski definition) is 6. The fourth-order valence-corrected chi connectivity index (χ4v) is 2.22. The van der Waals surface area contributed by atoms with Crippen molar-refractivity contribution in [3.8, 4) is 0 Å². The van der Waals surface area contributed by atoms with Gasteiger partial charge in [-0.25, -0.2) is 4.79 Å². The van der Waals surface area contributed by atoms with Gasteiger partial charge in [0.25, 0.3) is 0 Å². The minimum Gasteiger partial charge on any atom is -0.481 e. The van der Waals surface area contributed by atoms with Gasteiger partial charge in [0.1, 0.15) is 18.1 Å². The first-order chi connectivity index (χ1) is 10.3. The Morgan fingerprint density at radius 3 is 2.41 bits per heavy atom. The van der Waals surface area contributed by atoms with E-state index in [0.717, 1.165) is 4.90 Å². The quantitative estimate of drug-likeness (QED) is 0.338. The van der Waals surface area contributed by atoms with Gasteiger partial charge in [0.2, 0.25) is 11.8 Å². The van der Waals surface area contributed by atoms with Gasteiger partial charge in [-0.3, -0.25) is 14.4 Å². The molecule has 0 aliphatic carbocycles. The van der Waals surface area contributed by atoms with Crippen molar-refractivity contribution in [3.05, 3.63) is 0 Å². The molecule has 10 nitrogen and oxygen atoms in total. The lowest BCUT2D eigenvalue weighted by Gasteiger charge is -2.27.